The van der Waals surface area contributed by atoms with Crippen molar-refractivity contribution >= 4 is 23.4 Å². The predicted octanol–water partition coefficient (Wildman–Crippen LogP) is 4.93. The van der Waals surface area contributed by atoms with Gasteiger partial charge in [0.15, 0.2) is 5.78 Å². The number of ketones is 1. The van der Waals surface area contributed by atoms with Gasteiger partial charge < -0.3 is 14.2 Å². The molecule has 2 aromatic carbocycles. The van der Waals surface area contributed by atoms with E-state index in [2.05, 4.69) is 0 Å². The van der Waals surface area contributed by atoms with E-state index in [9.17, 15) is 14.4 Å². The average molecular weight is 504 g/mol. The van der Waals surface area contributed by atoms with Gasteiger partial charge in [-0.3, -0.25) is 14.6 Å². The van der Waals surface area contributed by atoms with Crippen LogP contribution in [0.4, 0.5) is 0 Å². The number of Topliss-reactive ketones (excluding diaryl/α,β-unsaturated/α-hetero) is 1. The number of ether oxygens (including phenoxy) is 3. The first-order valence-corrected chi connectivity index (χ1v) is 12.7. The van der Waals surface area contributed by atoms with E-state index < -0.39 is 35.6 Å². The lowest BCUT2D eigenvalue weighted by Gasteiger charge is -2.41. The highest BCUT2D eigenvalue weighted by Gasteiger charge is 2.53. The summed E-state index contributed by atoms with van der Waals surface area (Å²) in [6, 6.07) is 15.1. The predicted molar refractivity (Wildman–Crippen MR) is 140 cm³/mol. The minimum atomic E-state index is -1.06. The number of benzene rings is 2. The minimum Gasteiger partial charge on any atom is -0.496 e. The summed E-state index contributed by atoms with van der Waals surface area (Å²) in [5.74, 6) is -3.75. The van der Waals surface area contributed by atoms with Crippen molar-refractivity contribution < 1.29 is 28.6 Å². The van der Waals surface area contributed by atoms with Crippen LogP contribution in [0.3, 0.4) is 0 Å². The molecular formula is C30H33NO6. The van der Waals surface area contributed by atoms with E-state index in [0.29, 0.717) is 29.2 Å². The third kappa shape index (κ3) is 4.95. The van der Waals surface area contributed by atoms with Gasteiger partial charge in [0.2, 0.25) is 0 Å². The number of aliphatic imine (C=N–C) groups is 1. The van der Waals surface area contributed by atoms with Gasteiger partial charge in [-0.05, 0) is 51.3 Å². The van der Waals surface area contributed by atoms with Crippen molar-refractivity contribution in [1.29, 1.82) is 0 Å². The van der Waals surface area contributed by atoms with E-state index >= 15 is 0 Å². The minimum absolute atomic E-state index is 0.154. The van der Waals surface area contributed by atoms with Crippen LogP contribution in [0.15, 0.2) is 64.8 Å². The number of rotatable bonds is 7. The molecule has 37 heavy (non-hydrogen) atoms. The number of nitrogens with zero attached hydrogens (tertiary/aromatic N) is 1. The number of aryl methyl sites for hydroxylation is 1. The van der Waals surface area contributed by atoms with Gasteiger partial charge >= 0.3 is 11.9 Å². The molecule has 7 heteroatoms. The molecule has 4 rings (SSSR count). The first-order chi connectivity index (χ1) is 17.8. The second kappa shape index (κ2) is 11.1. The second-order valence-corrected chi connectivity index (χ2v) is 9.37. The third-order valence-corrected chi connectivity index (χ3v) is 7.16. The summed E-state index contributed by atoms with van der Waals surface area (Å²) in [6.07, 6.45) is 0.357. The molecule has 194 valence electrons. The van der Waals surface area contributed by atoms with E-state index in [0.717, 1.165) is 16.7 Å². The summed E-state index contributed by atoms with van der Waals surface area (Å²) in [6.45, 7) is 7.57. The Morgan fingerprint density at radius 1 is 0.946 bits per heavy atom. The monoisotopic (exact) mass is 503 g/mol. The molecule has 1 fully saturated rings. The van der Waals surface area contributed by atoms with Gasteiger partial charge in [-0.2, -0.15) is 0 Å². The summed E-state index contributed by atoms with van der Waals surface area (Å²) in [7, 11) is 1.57. The normalized spacial score (nSPS) is 23.2. The van der Waals surface area contributed by atoms with Crippen molar-refractivity contribution in [2.24, 2.45) is 16.8 Å². The first kappa shape index (κ1) is 26.3. The largest absolute Gasteiger partial charge is 0.496 e. The molecule has 1 heterocycles. The molecule has 0 saturated heterocycles. The van der Waals surface area contributed by atoms with Gasteiger partial charge in [0.1, 0.15) is 11.7 Å². The van der Waals surface area contributed by atoms with E-state index in [4.69, 9.17) is 19.2 Å². The topological polar surface area (TPSA) is 91.3 Å². The fourth-order valence-electron chi connectivity index (χ4n) is 5.56. The van der Waals surface area contributed by atoms with Crippen molar-refractivity contribution in [2.75, 3.05) is 20.3 Å². The molecule has 2 aliphatic rings. The smallest absolute Gasteiger partial charge is 0.336 e. The van der Waals surface area contributed by atoms with E-state index in [-0.39, 0.29) is 19.0 Å². The maximum absolute atomic E-state index is 14.3. The van der Waals surface area contributed by atoms with Crippen LogP contribution in [0.5, 0.6) is 5.75 Å². The molecule has 0 radical (unpaired) electrons. The molecule has 4 atom stereocenters. The Morgan fingerprint density at radius 3 is 2.27 bits per heavy atom. The summed E-state index contributed by atoms with van der Waals surface area (Å²) in [5.41, 5.74) is 4.14. The number of carbonyl (C=O) groups excluding carboxylic acids is 3. The Hall–Kier alpha value is -3.74. The van der Waals surface area contributed by atoms with Crippen molar-refractivity contribution in [1.82, 2.24) is 0 Å². The van der Waals surface area contributed by atoms with Crippen LogP contribution >= 0.6 is 0 Å². The molecule has 1 unspecified atom stereocenters. The standard InChI is InChI=1S/C30H33NO6/c1-6-36-29(33)24-18(4)31-22-16-21(20-10-8-9-11-23(20)35-5)26(30(34)37-7-2)28(32)27(22)25(24)19-14-12-17(3)13-15-19/h8-15,21,25-27H,6-7,16H2,1-5H3/t21-,25+,26+,27?/m0/s1. The zero-order chi connectivity index (χ0) is 26.7. The lowest BCUT2D eigenvalue weighted by Crippen LogP contribution is -2.48. The Kier molecular flexibility index (Phi) is 7.91. The van der Waals surface area contributed by atoms with Gasteiger partial charge in [-0.25, -0.2) is 4.79 Å². The highest BCUT2D eigenvalue weighted by molar-refractivity contribution is 6.18. The zero-order valence-corrected chi connectivity index (χ0v) is 21.9. The Morgan fingerprint density at radius 2 is 1.62 bits per heavy atom. The molecule has 0 amide bonds. The SMILES string of the molecule is CCOC(=O)C1=C(C)N=C2C[C@@H](c3ccccc3OC)[C@@H](C(=O)OCC)C(=O)C2[C@@H]1c1ccc(C)cc1. The molecule has 1 aliphatic heterocycles. The summed E-state index contributed by atoms with van der Waals surface area (Å²) < 4.78 is 16.4. The Bertz CT molecular complexity index is 1260. The molecule has 0 bridgehead atoms. The van der Waals surface area contributed by atoms with Gasteiger partial charge in [0, 0.05) is 23.2 Å². The van der Waals surface area contributed by atoms with Crippen molar-refractivity contribution in [3.8, 4) is 5.75 Å². The maximum atomic E-state index is 14.3. The zero-order valence-electron chi connectivity index (χ0n) is 21.9. The first-order valence-electron chi connectivity index (χ1n) is 12.7. The molecule has 1 saturated carbocycles. The van der Waals surface area contributed by atoms with Gasteiger partial charge in [-0.15, -0.1) is 0 Å². The van der Waals surface area contributed by atoms with E-state index in [1.807, 2.05) is 55.5 Å². The maximum Gasteiger partial charge on any atom is 0.336 e. The highest BCUT2D eigenvalue weighted by atomic mass is 16.5. The van der Waals surface area contributed by atoms with Crippen LogP contribution in [0, 0.1) is 18.8 Å². The van der Waals surface area contributed by atoms with Gasteiger partial charge in [0.05, 0.1) is 31.8 Å². The number of methoxy groups -OCH3 is 1. The fraction of sp³-hybridized carbons (Fsp3) is 0.400. The number of fused-ring (bicyclic) bond motifs is 1. The van der Waals surface area contributed by atoms with Crippen molar-refractivity contribution in [3.63, 3.8) is 0 Å². The lowest BCUT2D eigenvalue weighted by molar-refractivity contribution is -0.153. The van der Waals surface area contributed by atoms with E-state index in [1.54, 1.807) is 27.9 Å². The second-order valence-electron chi connectivity index (χ2n) is 9.37. The Labute approximate surface area is 217 Å². The molecule has 0 spiro atoms. The Balaban J connectivity index is 1.91. The van der Waals surface area contributed by atoms with Gasteiger partial charge in [-0.1, -0.05) is 48.0 Å². The summed E-state index contributed by atoms with van der Waals surface area (Å²) in [5, 5.41) is 0. The third-order valence-electron chi connectivity index (χ3n) is 7.16. The number of allylic oxidation sites excluding steroid dienone is 1. The van der Waals surface area contributed by atoms with Crippen LogP contribution < -0.4 is 4.74 Å². The number of hydrogen-bond acceptors (Lipinski definition) is 7. The molecule has 0 N–H and O–H groups in total. The lowest BCUT2D eigenvalue weighted by atomic mass is 9.62. The van der Waals surface area contributed by atoms with Crippen molar-refractivity contribution in [2.45, 2.75) is 46.0 Å². The van der Waals surface area contributed by atoms with Crippen LogP contribution in [-0.2, 0) is 23.9 Å². The van der Waals surface area contributed by atoms with Crippen LogP contribution in [0.2, 0.25) is 0 Å². The number of hydrogen-bond donors (Lipinski definition) is 0. The number of para-hydroxylation sites is 1. The molecular weight excluding hydrogens is 470 g/mol. The molecule has 2 aromatic rings. The van der Waals surface area contributed by atoms with Crippen LogP contribution in [0.25, 0.3) is 0 Å². The highest BCUT2D eigenvalue weighted by Crippen LogP contribution is 2.49. The van der Waals surface area contributed by atoms with Gasteiger partial charge in [0.25, 0.3) is 0 Å². The van der Waals surface area contributed by atoms with Crippen molar-refractivity contribution in [3.05, 3.63) is 76.5 Å². The van der Waals surface area contributed by atoms with Crippen LogP contribution in [-0.4, -0.2) is 43.8 Å². The quantitative estimate of drug-likeness (QED) is 0.393. The van der Waals surface area contributed by atoms with Crippen LogP contribution in [0.1, 0.15) is 55.7 Å². The molecule has 7 nitrogen and oxygen atoms in total. The molecule has 1 aliphatic carbocycles. The number of esters is 2. The van der Waals surface area contributed by atoms with E-state index in [1.165, 1.54) is 0 Å². The average Bonchev–Trinajstić information content (AvgIpc) is 2.88. The molecule has 0 aromatic heterocycles. The summed E-state index contributed by atoms with van der Waals surface area (Å²) >= 11 is 0. The number of carbonyl (C=O) groups is 3. The summed E-state index contributed by atoms with van der Waals surface area (Å²) in [4.78, 5) is 45.6. The fourth-order valence-corrected chi connectivity index (χ4v) is 5.56.